The number of hydrogen-bond acceptors (Lipinski definition) is 6. The molecule has 0 aliphatic rings. The first-order chi connectivity index (χ1) is 13.1. The van der Waals surface area contributed by atoms with E-state index in [0.29, 0.717) is 22.3 Å². The van der Waals surface area contributed by atoms with Gasteiger partial charge in [0.15, 0.2) is 0 Å². The molecule has 0 saturated heterocycles. The summed E-state index contributed by atoms with van der Waals surface area (Å²) in [5.74, 6) is 0.464. The van der Waals surface area contributed by atoms with Crippen LogP contribution in [0.1, 0.15) is 5.56 Å². The Bertz CT molecular complexity index is 1030. The summed E-state index contributed by atoms with van der Waals surface area (Å²) in [5.41, 5.74) is 2.36. The quantitative estimate of drug-likeness (QED) is 0.325. The van der Waals surface area contributed by atoms with Crippen LogP contribution in [0.15, 0.2) is 84.1 Å². The van der Waals surface area contributed by atoms with Crippen molar-refractivity contribution < 1.29 is 35.4 Å². The second kappa shape index (κ2) is 10.2. The van der Waals surface area contributed by atoms with Gasteiger partial charge in [-0.1, -0.05) is 24.3 Å². The van der Waals surface area contributed by atoms with Gasteiger partial charge in [-0.2, -0.15) is 0 Å². The summed E-state index contributed by atoms with van der Waals surface area (Å²) in [7, 11) is 0. The second-order valence-electron chi connectivity index (χ2n) is 5.51. The molecule has 0 bridgehead atoms. The van der Waals surface area contributed by atoms with Gasteiger partial charge in [0.05, 0.1) is 5.52 Å². The minimum Gasteiger partial charge on any atom is -0.507 e. The molecule has 2 aromatic carbocycles. The van der Waals surface area contributed by atoms with E-state index in [-0.39, 0.29) is 37.4 Å². The number of aromatic hydroxyl groups is 3. The average molecular weight is 552 g/mol. The van der Waals surface area contributed by atoms with Crippen molar-refractivity contribution in [3.8, 4) is 17.2 Å². The smallest absolute Gasteiger partial charge is 0.144 e. The van der Waals surface area contributed by atoms with E-state index in [0.717, 1.165) is 0 Å². The topological polar surface area (TPSA) is 98.8 Å². The molecule has 0 spiro atoms. The first kappa shape index (κ1) is 21.0. The molecule has 6 nitrogen and oxygen atoms in total. The van der Waals surface area contributed by atoms with Crippen LogP contribution in [0, 0.1) is 0 Å². The number of pyridine rings is 2. The molecule has 0 unspecified atom stereocenters. The van der Waals surface area contributed by atoms with Crippen molar-refractivity contribution in [3.05, 3.63) is 84.7 Å². The number of aromatic nitrogens is 2. The number of aliphatic imine (C=N–C) groups is 1. The van der Waals surface area contributed by atoms with Gasteiger partial charge in [-0.25, -0.2) is 0 Å². The van der Waals surface area contributed by atoms with Crippen molar-refractivity contribution in [2.75, 3.05) is 0 Å². The van der Waals surface area contributed by atoms with Gasteiger partial charge in [-0.15, -0.1) is 0 Å². The number of rotatable bonds is 2. The molecule has 143 valence electrons. The fraction of sp³-hybridized carbons (Fsp3) is 0. The van der Waals surface area contributed by atoms with Gasteiger partial charge in [0, 0.05) is 50.3 Å². The maximum atomic E-state index is 9.50. The number of hydrogen-bond donors (Lipinski definition) is 3. The molecule has 0 fully saturated rings. The fourth-order valence-corrected chi connectivity index (χ4v) is 2.27. The Hall–Kier alpha value is -3.28. The van der Waals surface area contributed by atoms with Gasteiger partial charge < -0.3 is 15.3 Å². The zero-order chi connectivity index (χ0) is 19.1. The van der Waals surface area contributed by atoms with Crippen LogP contribution in [-0.4, -0.2) is 31.5 Å². The van der Waals surface area contributed by atoms with E-state index in [1.807, 2.05) is 12.1 Å². The Morgan fingerprint density at radius 1 is 0.679 bits per heavy atom. The molecule has 2 aromatic heterocycles. The number of phenols is 2. The van der Waals surface area contributed by atoms with Gasteiger partial charge in [0.2, 0.25) is 0 Å². The molecule has 4 rings (SSSR count). The third-order valence-electron chi connectivity index (χ3n) is 3.64. The predicted octanol–water partition coefficient (Wildman–Crippen LogP) is 4.18. The maximum Gasteiger partial charge on any atom is 0.144 e. The SMILES string of the molecule is Oc1ccccc1C=Nc1ccccc1O.Oc1ccnc2cccnc12.[Ir]. The molecule has 0 saturated carbocycles. The monoisotopic (exact) mass is 552 g/mol. The minimum atomic E-state index is 0. The Balaban J connectivity index is 0.000000205. The van der Waals surface area contributed by atoms with Crippen LogP contribution < -0.4 is 0 Å². The Labute approximate surface area is 175 Å². The van der Waals surface area contributed by atoms with E-state index in [4.69, 9.17) is 0 Å². The van der Waals surface area contributed by atoms with Crippen molar-refractivity contribution in [2.24, 2.45) is 4.99 Å². The summed E-state index contributed by atoms with van der Waals surface area (Å²) >= 11 is 0. The maximum absolute atomic E-state index is 9.50. The summed E-state index contributed by atoms with van der Waals surface area (Å²) in [6.07, 6.45) is 4.70. The first-order valence-corrected chi connectivity index (χ1v) is 8.14. The van der Waals surface area contributed by atoms with E-state index >= 15 is 0 Å². The molecule has 4 aromatic rings. The first-order valence-electron chi connectivity index (χ1n) is 8.14. The van der Waals surface area contributed by atoms with Crippen LogP contribution in [0.3, 0.4) is 0 Å². The third kappa shape index (κ3) is 5.36. The van der Waals surface area contributed by atoms with E-state index in [1.165, 1.54) is 12.3 Å². The molecule has 2 heterocycles. The Morgan fingerprint density at radius 3 is 2.11 bits per heavy atom. The number of para-hydroxylation sites is 3. The van der Waals surface area contributed by atoms with Crippen molar-refractivity contribution in [2.45, 2.75) is 0 Å². The van der Waals surface area contributed by atoms with E-state index in [1.54, 1.807) is 60.9 Å². The molecule has 1 radical (unpaired) electrons. The molecule has 28 heavy (non-hydrogen) atoms. The number of nitrogens with zero attached hydrogens (tertiary/aromatic N) is 3. The van der Waals surface area contributed by atoms with Gasteiger partial charge in [0.1, 0.15) is 28.5 Å². The molecule has 0 amide bonds. The van der Waals surface area contributed by atoms with Crippen LogP contribution in [0.2, 0.25) is 0 Å². The molecular weight excluding hydrogens is 534 g/mol. The molecule has 0 aliphatic carbocycles. The third-order valence-corrected chi connectivity index (χ3v) is 3.64. The van der Waals surface area contributed by atoms with Gasteiger partial charge in [-0.3, -0.25) is 15.0 Å². The normalized spacial score (nSPS) is 10.1. The van der Waals surface area contributed by atoms with Crippen LogP contribution in [0.4, 0.5) is 5.69 Å². The summed E-state index contributed by atoms with van der Waals surface area (Å²) in [5, 5.41) is 28.3. The predicted molar refractivity (Wildman–Crippen MR) is 105 cm³/mol. The standard InChI is InChI=1S/C13H11NO2.C8H6N2O.Ir/c15-12-7-3-1-5-10(12)9-14-11-6-2-4-8-13(11)16;11-7-3-5-9-6-2-1-4-10-8(6)7;/h1-9,15-16H;1-5H,(H,9,11);. The molecule has 0 atom stereocenters. The molecule has 7 heteroatoms. The zero-order valence-electron chi connectivity index (χ0n) is 14.6. The molecule has 0 aliphatic heterocycles. The van der Waals surface area contributed by atoms with E-state index < -0.39 is 0 Å². The van der Waals surface area contributed by atoms with E-state index in [9.17, 15) is 15.3 Å². The molecular formula is C21H17IrN3O3. The Kier molecular flexibility index (Phi) is 7.63. The largest absolute Gasteiger partial charge is 0.507 e. The van der Waals surface area contributed by atoms with Gasteiger partial charge in [-0.05, 0) is 36.4 Å². The van der Waals surface area contributed by atoms with Crippen molar-refractivity contribution in [3.63, 3.8) is 0 Å². The second-order valence-corrected chi connectivity index (χ2v) is 5.51. The molecule has 3 N–H and O–H groups in total. The summed E-state index contributed by atoms with van der Waals surface area (Å²) in [6.45, 7) is 0. The summed E-state index contributed by atoms with van der Waals surface area (Å²) in [4.78, 5) is 12.1. The van der Waals surface area contributed by atoms with Crippen LogP contribution in [0.25, 0.3) is 11.0 Å². The Morgan fingerprint density at radius 2 is 1.39 bits per heavy atom. The zero-order valence-corrected chi connectivity index (χ0v) is 17.0. The van der Waals surface area contributed by atoms with Crippen LogP contribution in [-0.2, 0) is 20.1 Å². The fourth-order valence-electron chi connectivity index (χ4n) is 2.27. The van der Waals surface area contributed by atoms with Crippen molar-refractivity contribution in [1.29, 1.82) is 0 Å². The van der Waals surface area contributed by atoms with Crippen LogP contribution in [0.5, 0.6) is 17.2 Å². The van der Waals surface area contributed by atoms with Gasteiger partial charge >= 0.3 is 0 Å². The van der Waals surface area contributed by atoms with Crippen molar-refractivity contribution in [1.82, 2.24) is 9.97 Å². The van der Waals surface area contributed by atoms with Gasteiger partial charge in [0.25, 0.3) is 0 Å². The minimum absolute atomic E-state index is 0. The summed E-state index contributed by atoms with van der Waals surface area (Å²) < 4.78 is 0. The van der Waals surface area contributed by atoms with E-state index in [2.05, 4.69) is 15.0 Å². The van der Waals surface area contributed by atoms with Crippen molar-refractivity contribution >= 4 is 22.9 Å². The number of phenolic OH excluding ortho intramolecular Hbond substituents is 2. The van der Waals surface area contributed by atoms with Crippen LogP contribution >= 0.6 is 0 Å². The number of fused-ring (bicyclic) bond motifs is 1. The average Bonchev–Trinajstić information content (AvgIpc) is 2.69. The number of benzene rings is 2. The summed E-state index contributed by atoms with van der Waals surface area (Å²) in [6, 6.07) is 18.8.